The number of Topliss-reactive ketones (excluding diaryl/α,β-unsaturated/α-hetero) is 2. The number of nitrogens with two attached hydrogens (primary N) is 2. The van der Waals surface area contributed by atoms with E-state index in [9.17, 15) is 14.4 Å². The molecule has 2 heterocycles. The number of thiazole rings is 2. The molecule has 0 radical (unpaired) electrons. The average molecular weight is 558 g/mol. The third kappa shape index (κ3) is 8.69. The van der Waals surface area contributed by atoms with Gasteiger partial charge in [0, 0.05) is 40.7 Å². The number of rotatable bonds is 16. The second-order valence-corrected chi connectivity index (χ2v) is 10.6. The number of amides is 1. The summed E-state index contributed by atoms with van der Waals surface area (Å²) in [6.45, 7) is 5.04. The minimum Gasteiger partial charge on any atom is -0.378 e. The van der Waals surface area contributed by atoms with Gasteiger partial charge in [-0.3, -0.25) is 14.4 Å². The van der Waals surface area contributed by atoms with Crippen molar-refractivity contribution >= 4 is 57.2 Å². The van der Waals surface area contributed by atoms with Crippen LogP contribution >= 0.6 is 22.7 Å². The van der Waals surface area contributed by atoms with E-state index in [1.165, 1.54) is 22.7 Å². The molecular formula is C26H35N7O3S2. The molecule has 3 rings (SSSR count). The number of hydrogen-bond acceptors (Lipinski definition) is 11. The van der Waals surface area contributed by atoms with Crippen LogP contribution in [0.25, 0.3) is 0 Å². The Balaban J connectivity index is 1.73. The van der Waals surface area contributed by atoms with Crippen LogP contribution < -0.4 is 27.4 Å². The number of nitrogens with zero attached hydrogens (tertiary/aromatic N) is 2. The summed E-state index contributed by atoms with van der Waals surface area (Å²) in [4.78, 5) is 45.3. The molecule has 12 heteroatoms. The molecule has 38 heavy (non-hydrogen) atoms. The van der Waals surface area contributed by atoms with Crippen molar-refractivity contribution < 1.29 is 14.4 Å². The molecule has 1 amide bonds. The first-order chi connectivity index (χ1) is 18.3. The number of nitrogens with one attached hydrogen (secondary N) is 3. The normalized spacial score (nSPS) is 11.7. The molecule has 0 aliphatic rings. The second-order valence-electron chi connectivity index (χ2n) is 8.69. The number of carbonyl (C=O) groups is 3. The molecule has 0 fully saturated rings. The van der Waals surface area contributed by atoms with Crippen molar-refractivity contribution in [2.75, 3.05) is 22.5 Å². The first kappa shape index (κ1) is 29.4. The van der Waals surface area contributed by atoms with Gasteiger partial charge in [-0.1, -0.05) is 20.3 Å². The maximum Gasteiger partial charge on any atom is 0.241 e. The highest BCUT2D eigenvalue weighted by Crippen LogP contribution is 2.25. The van der Waals surface area contributed by atoms with Crippen molar-refractivity contribution in [3.05, 3.63) is 50.4 Å². The van der Waals surface area contributed by atoms with Crippen LogP contribution in [-0.4, -0.2) is 40.0 Å². The summed E-state index contributed by atoms with van der Waals surface area (Å²) in [6.07, 6.45) is 2.98. The summed E-state index contributed by atoms with van der Waals surface area (Å²) in [5.41, 5.74) is 14.7. The van der Waals surface area contributed by atoms with Crippen molar-refractivity contribution in [1.29, 1.82) is 0 Å². The fourth-order valence-electron chi connectivity index (χ4n) is 3.54. The molecule has 1 atom stereocenters. The average Bonchev–Trinajstić information content (AvgIpc) is 3.60. The zero-order valence-corrected chi connectivity index (χ0v) is 23.3. The van der Waals surface area contributed by atoms with Gasteiger partial charge in [0.2, 0.25) is 5.91 Å². The van der Waals surface area contributed by atoms with Crippen molar-refractivity contribution in [3.8, 4) is 0 Å². The van der Waals surface area contributed by atoms with E-state index >= 15 is 0 Å². The first-order valence-corrected chi connectivity index (χ1v) is 14.4. The molecule has 7 N–H and O–H groups in total. The topological polar surface area (TPSA) is 165 Å². The van der Waals surface area contributed by atoms with E-state index in [0.29, 0.717) is 56.0 Å². The van der Waals surface area contributed by atoms with Crippen LogP contribution in [0.3, 0.4) is 0 Å². The summed E-state index contributed by atoms with van der Waals surface area (Å²) in [5.74, 6) is -0.245. The predicted molar refractivity (Wildman–Crippen MR) is 154 cm³/mol. The summed E-state index contributed by atoms with van der Waals surface area (Å²) in [6, 6.07) is 4.92. The summed E-state index contributed by atoms with van der Waals surface area (Å²) < 4.78 is 0. The highest BCUT2D eigenvalue weighted by Gasteiger charge is 2.15. The van der Waals surface area contributed by atoms with Crippen LogP contribution in [0.1, 0.15) is 76.9 Å². The lowest BCUT2D eigenvalue weighted by Crippen LogP contribution is -2.35. The Labute approximate surface area is 230 Å². The maximum absolute atomic E-state index is 12.7. The lowest BCUT2D eigenvalue weighted by atomic mass is 10.1. The van der Waals surface area contributed by atoms with E-state index < -0.39 is 6.04 Å². The number of ketones is 2. The molecule has 0 spiro atoms. The predicted octanol–water partition coefficient (Wildman–Crippen LogP) is 4.40. The number of benzene rings is 1. The quantitative estimate of drug-likeness (QED) is 0.127. The highest BCUT2D eigenvalue weighted by molar-refractivity contribution is 7.10. The monoisotopic (exact) mass is 557 g/mol. The van der Waals surface area contributed by atoms with Gasteiger partial charge in [0.25, 0.3) is 0 Å². The zero-order chi connectivity index (χ0) is 27.5. The second kappa shape index (κ2) is 14.7. The smallest absolute Gasteiger partial charge is 0.241 e. The Morgan fingerprint density at radius 2 is 1.34 bits per heavy atom. The molecule has 1 aromatic carbocycles. The molecular weight excluding hydrogens is 522 g/mol. The Hall–Kier alpha value is -3.19. The van der Waals surface area contributed by atoms with Crippen LogP contribution in [0.5, 0.6) is 0 Å². The van der Waals surface area contributed by atoms with Crippen molar-refractivity contribution in [2.24, 2.45) is 11.5 Å². The Morgan fingerprint density at radius 3 is 1.82 bits per heavy atom. The minimum atomic E-state index is -0.635. The van der Waals surface area contributed by atoms with Gasteiger partial charge < -0.3 is 27.4 Å². The lowest BCUT2D eigenvalue weighted by Gasteiger charge is -2.15. The molecule has 0 saturated carbocycles. The molecule has 0 unspecified atom stereocenters. The molecule has 0 aliphatic carbocycles. The SMILES string of the molecule is CCC(=O)c1csc(CNc2cc(NCc3nc(C(=O)CC)cs3)cc(NC(=O)[C@@H](N)CCCCN)c2)n1. The number of hydrogen-bond donors (Lipinski definition) is 5. The standard InChI is InChI=1S/C26H35N7O3S2/c1-3-22(34)20-14-37-24(32-20)12-29-16-9-17(30-13-25-33-21(15-38-25)23(35)4-2)11-18(10-16)31-26(36)19(28)7-5-6-8-27/h9-11,14-15,19,29-30H,3-8,12-13,27-28H2,1-2H3,(H,31,36)/t19-/m0/s1. The van der Waals surface area contributed by atoms with Crippen molar-refractivity contribution in [1.82, 2.24) is 9.97 Å². The van der Waals surface area contributed by atoms with Crippen LogP contribution in [0.15, 0.2) is 29.0 Å². The Morgan fingerprint density at radius 1 is 0.842 bits per heavy atom. The van der Waals surface area contributed by atoms with E-state index in [2.05, 4.69) is 25.9 Å². The number of carbonyl (C=O) groups excluding carboxylic acids is 3. The van der Waals surface area contributed by atoms with Gasteiger partial charge in [-0.2, -0.15) is 0 Å². The molecule has 0 saturated heterocycles. The van der Waals surface area contributed by atoms with Gasteiger partial charge in [0.1, 0.15) is 21.4 Å². The highest BCUT2D eigenvalue weighted by atomic mass is 32.1. The molecule has 0 bridgehead atoms. The molecule has 3 aromatic rings. The summed E-state index contributed by atoms with van der Waals surface area (Å²) >= 11 is 2.84. The van der Waals surface area contributed by atoms with Crippen LogP contribution in [0.4, 0.5) is 17.1 Å². The third-order valence-electron chi connectivity index (χ3n) is 5.71. The lowest BCUT2D eigenvalue weighted by molar-refractivity contribution is -0.117. The van der Waals surface area contributed by atoms with Crippen molar-refractivity contribution in [3.63, 3.8) is 0 Å². The Bertz CT molecular complexity index is 1160. The summed E-state index contributed by atoms with van der Waals surface area (Å²) in [7, 11) is 0. The fourth-order valence-corrected chi connectivity index (χ4v) is 5.01. The van der Waals surface area contributed by atoms with E-state index in [1.807, 2.05) is 32.0 Å². The van der Waals surface area contributed by atoms with Gasteiger partial charge in [-0.25, -0.2) is 9.97 Å². The number of anilines is 3. The van der Waals surface area contributed by atoms with Crippen molar-refractivity contribution in [2.45, 2.75) is 65.1 Å². The number of aromatic nitrogens is 2. The van der Waals surface area contributed by atoms with Gasteiger partial charge in [0.15, 0.2) is 11.6 Å². The Kier molecular flexibility index (Phi) is 11.3. The molecule has 0 aliphatic heterocycles. The molecule has 2 aromatic heterocycles. The van der Waals surface area contributed by atoms with Crippen LogP contribution in [0, 0.1) is 0 Å². The third-order valence-corrected chi connectivity index (χ3v) is 7.41. The van der Waals surface area contributed by atoms with E-state index in [4.69, 9.17) is 11.5 Å². The number of unbranched alkanes of at least 4 members (excludes halogenated alkanes) is 1. The van der Waals surface area contributed by atoms with Gasteiger partial charge in [0.05, 0.1) is 19.1 Å². The fraction of sp³-hybridized carbons (Fsp3) is 0.423. The largest absolute Gasteiger partial charge is 0.378 e. The van der Waals surface area contributed by atoms with Gasteiger partial charge in [-0.15, -0.1) is 22.7 Å². The maximum atomic E-state index is 12.7. The first-order valence-electron chi connectivity index (χ1n) is 12.7. The van der Waals surface area contributed by atoms with E-state index in [0.717, 1.165) is 34.2 Å². The molecule has 204 valence electrons. The van der Waals surface area contributed by atoms with Gasteiger partial charge in [-0.05, 0) is 37.6 Å². The summed E-state index contributed by atoms with van der Waals surface area (Å²) in [5, 5.41) is 14.7. The molecule has 10 nitrogen and oxygen atoms in total. The minimum absolute atomic E-state index is 0.0116. The van der Waals surface area contributed by atoms with E-state index in [1.54, 1.807) is 10.8 Å². The van der Waals surface area contributed by atoms with Crippen LogP contribution in [0.2, 0.25) is 0 Å². The van der Waals surface area contributed by atoms with E-state index in [-0.39, 0.29) is 17.5 Å². The zero-order valence-electron chi connectivity index (χ0n) is 21.7. The van der Waals surface area contributed by atoms with Crippen LogP contribution in [-0.2, 0) is 17.9 Å². The van der Waals surface area contributed by atoms with Gasteiger partial charge >= 0.3 is 0 Å².